The van der Waals surface area contributed by atoms with Gasteiger partial charge in [0, 0.05) is 5.54 Å². The Kier molecular flexibility index (Phi) is 5.93. The summed E-state index contributed by atoms with van der Waals surface area (Å²) in [6, 6.07) is 2.55. The Morgan fingerprint density at radius 1 is 1.07 bits per heavy atom. The van der Waals surface area contributed by atoms with Gasteiger partial charge in [-0.05, 0) is 91.8 Å². The Balaban J connectivity index is 1.55. The molecule has 0 bridgehead atoms. The standard InChI is InChI=1S/C28H46N2/c1-19(2)7-6-8-20(3)23-9-10-24-27(23,5)15-13-25-26(4)14-11-21(18-29)17-22(26)12-16-28(24,25)30/h12,19-21,23-25H,6-11,13-17,30H2,1-5H3/t20-,21-,23-,24-,25-,26+,27-,28-/m1/s1. The third-order valence-electron chi connectivity index (χ3n) is 10.7. The van der Waals surface area contributed by atoms with Gasteiger partial charge in [-0.2, -0.15) is 5.26 Å². The van der Waals surface area contributed by atoms with Crippen LogP contribution in [0.5, 0.6) is 0 Å². The Morgan fingerprint density at radius 3 is 2.53 bits per heavy atom. The Hall–Kier alpha value is -0.810. The third kappa shape index (κ3) is 3.39. The molecule has 3 fully saturated rings. The topological polar surface area (TPSA) is 49.8 Å². The highest BCUT2D eigenvalue weighted by Gasteiger charge is 2.64. The van der Waals surface area contributed by atoms with E-state index in [4.69, 9.17) is 5.73 Å². The van der Waals surface area contributed by atoms with Crippen molar-refractivity contribution in [2.24, 2.45) is 52.1 Å². The maximum Gasteiger partial charge on any atom is 0.0659 e. The molecule has 4 rings (SSSR count). The molecule has 0 aromatic heterocycles. The molecular weight excluding hydrogens is 364 g/mol. The zero-order valence-electron chi connectivity index (χ0n) is 20.3. The van der Waals surface area contributed by atoms with Crippen LogP contribution in [0.2, 0.25) is 0 Å². The van der Waals surface area contributed by atoms with E-state index in [0.29, 0.717) is 17.3 Å². The summed E-state index contributed by atoms with van der Waals surface area (Å²) in [5.74, 6) is 4.01. The van der Waals surface area contributed by atoms with Crippen molar-refractivity contribution in [3.63, 3.8) is 0 Å². The van der Waals surface area contributed by atoms with Gasteiger partial charge in [0.15, 0.2) is 0 Å². The fourth-order valence-corrected chi connectivity index (χ4v) is 9.01. The predicted molar refractivity (Wildman–Crippen MR) is 126 cm³/mol. The average molecular weight is 411 g/mol. The highest BCUT2D eigenvalue weighted by molar-refractivity contribution is 5.31. The minimum absolute atomic E-state index is 0.0306. The highest BCUT2D eigenvalue weighted by Crippen LogP contribution is 2.68. The maximum absolute atomic E-state index is 9.48. The molecule has 0 radical (unpaired) electrons. The summed E-state index contributed by atoms with van der Waals surface area (Å²) in [5.41, 5.74) is 9.70. The van der Waals surface area contributed by atoms with Crippen molar-refractivity contribution in [1.82, 2.24) is 0 Å². The summed E-state index contributed by atoms with van der Waals surface area (Å²) < 4.78 is 0. The van der Waals surface area contributed by atoms with Gasteiger partial charge in [-0.15, -0.1) is 0 Å². The molecule has 2 heteroatoms. The van der Waals surface area contributed by atoms with Crippen LogP contribution in [0.4, 0.5) is 0 Å². The Labute approximate surface area is 186 Å². The number of nitriles is 1. The second kappa shape index (κ2) is 7.95. The smallest absolute Gasteiger partial charge is 0.0659 e. The largest absolute Gasteiger partial charge is 0.324 e. The predicted octanol–water partition coefficient (Wildman–Crippen LogP) is 7.25. The Morgan fingerprint density at radius 2 is 1.83 bits per heavy atom. The van der Waals surface area contributed by atoms with E-state index in [1.165, 1.54) is 51.4 Å². The number of allylic oxidation sites excluding steroid dienone is 1. The number of nitrogens with zero attached hydrogens (tertiary/aromatic N) is 1. The van der Waals surface area contributed by atoms with Crippen LogP contribution in [-0.4, -0.2) is 5.54 Å². The van der Waals surface area contributed by atoms with Gasteiger partial charge in [-0.25, -0.2) is 0 Å². The molecule has 0 aromatic rings. The van der Waals surface area contributed by atoms with E-state index >= 15 is 0 Å². The van der Waals surface area contributed by atoms with Crippen LogP contribution in [0.15, 0.2) is 11.6 Å². The number of hydrogen-bond acceptors (Lipinski definition) is 2. The Bertz CT molecular complexity index is 717. The van der Waals surface area contributed by atoms with E-state index in [9.17, 15) is 5.26 Å². The van der Waals surface area contributed by atoms with Crippen molar-refractivity contribution in [3.05, 3.63) is 11.6 Å². The molecule has 168 valence electrons. The summed E-state index contributed by atoms with van der Waals surface area (Å²) in [7, 11) is 0. The summed E-state index contributed by atoms with van der Waals surface area (Å²) in [4.78, 5) is 0. The van der Waals surface area contributed by atoms with Gasteiger partial charge in [0.2, 0.25) is 0 Å². The van der Waals surface area contributed by atoms with Gasteiger partial charge in [0.25, 0.3) is 0 Å². The van der Waals surface area contributed by atoms with Crippen molar-refractivity contribution in [2.45, 2.75) is 111 Å². The number of fused-ring (bicyclic) bond motifs is 5. The molecule has 2 N–H and O–H groups in total. The fourth-order valence-electron chi connectivity index (χ4n) is 9.01. The molecule has 0 aliphatic heterocycles. The lowest BCUT2D eigenvalue weighted by molar-refractivity contribution is -0.0690. The lowest BCUT2D eigenvalue weighted by atomic mass is 9.44. The molecule has 0 unspecified atom stereocenters. The number of rotatable bonds is 5. The van der Waals surface area contributed by atoms with E-state index in [1.54, 1.807) is 5.57 Å². The first-order chi connectivity index (χ1) is 14.1. The van der Waals surface area contributed by atoms with E-state index in [1.807, 2.05) is 0 Å². The molecule has 3 saturated carbocycles. The quantitative estimate of drug-likeness (QED) is 0.485. The molecule has 4 aliphatic rings. The maximum atomic E-state index is 9.48. The van der Waals surface area contributed by atoms with Crippen molar-refractivity contribution >= 4 is 0 Å². The first-order valence-corrected chi connectivity index (χ1v) is 13.0. The number of hydrogen-bond donors (Lipinski definition) is 1. The number of nitrogens with two attached hydrogens (primary N) is 1. The zero-order chi connectivity index (χ0) is 21.7. The SMILES string of the molecule is CC(C)CCC[C@@H](C)[C@H]1CC[C@@H]2[C@]1(C)CC[C@H]1[C@@]2(N)CC=C2C[C@H](C#N)CC[C@@]21C. The average Bonchev–Trinajstić information content (AvgIpc) is 3.05. The van der Waals surface area contributed by atoms with Crippen LogP contribution in [-0.2, 0) is 0 Å². The van der Waals surface area contributed by atoms with Crippen molar-refractivity contribution in [2.75, 3.05) is 0 Å². The van der Waals surface area contributed by atoms with Crippen LogP contribution < -0.4 is 5.73 Å². The molecule has 0 heterocycles. The molecule has 0 amide bonds. The van der Waals surface area contributed by atoms with Crippen molar-refractivity contribution in [3.8, 4) is 6.07 Å². The van der Waals surface area contributed by atoms with Gasteiger partial charge in [0.1, 0.15) is 0 Å². The lowest BCUT2D eigenvalue weighted by Crippen LogP contribution is -2.66. The van der Waals surface area contributed by atoms with E-state index < -0.39 is 0 Å². The first kappa shape index (κ1) is 22.4. The molecule has 8 atom stereocenters. The van der Waals surface area contributed by atoms with Crippen LogP contribution in [0, 0.1) is 57.7 Å². The fraction of sp³-hybridized carbons (Fsp3) is 0.893. The summed E-state index contributed by atoms with van der Waals surface area (Å²) >= 11 is 0. The molecule has 2 nitrogen and oxygen atoms in total. The van der Waals surface area contributed by atoms with Gasteiger partial charge < -0.3 is 5.73 Å². The summed E-state index contributed by atoms with van der Waals surface area (Å²) in [6.45, 7) is 12.4. The van der Waals surface area contributed by atoms with E-state index in [2.05, 4.69) is 46.8 Å². The third-order valence-corrected chi connectivity index (χ3v) is 10.7. The first-order valence-electron chi connectivity index (χ1n) is 13.0. The van der Waals surface area contributed by atoms with Crippen molar-refractivity contribution in [1.29, 1.82) is 5.26 Å². The lowest BCUT2D eigenvalue weighted by Gasteiger charge is -2.63. The summed E-state index contributed by atoms with van der Waals surface area (Å²) in [5, 5.41) is 9.48. The minimum Gasteiger partial charge on any atom is -0.324 e. The van der Waals surface area contributed by atoms with Gasteiger partial charge in [0.05, 0.1) is 12.0 Å². The second-order valence-corrected chi connectivity index (χ2v) is 12.7. The molecule has 0 spiro atoms. The highest BCUT2D eigenvalue weighted by atomic mass is 14.9. The van der Waals surface area contributed by atoms with Gasteiger partial charge in [-0.1, -0.05) is 65.5 Å². The minimum atomic E-state index is -0.0306. The molecule has 0 saturated heterocycles. The van der Waals surface area contributed by atoms with Crippen LogP contribution in [0.1, 0.15) is 105 Å². The van der Waals surface area contributed by atoms with Crippen LogP contribution >= 0.6 is 0 Å². The van der Waals surface area contributed by atoms with E-state index in [0.717, 1.165) is 37.0 Å². The zero-order valence-corrected chi connectivity index (χ0v) is 20.3. The normalized spacial score (nSPS) is 46.4. The molecule has 30 heavy (non-hydrogen) atoms. The van der Waals surface area contributed by atoms with Gasteiger partial charge >= 0.3 is 0 Å². The van der Waals surface area contributed by atoms with Crippen LogP contribution in [0.3, 0.4) is 0 Å². The molecule has 4 aliphatic carbocycles. The van der Waals surface area contributed by atoms with Gasteiger partial charge in [-0.3, -0.25) is 0 Å². The van der Waals surface area contributed by atoms with E-state index in [-0.39, 0.29) is 16.9 Å². The monoisotopic (exact) mass is 410 g/mol. The summed E-state index contributed by atoms with van der Waals surface area (Å²) in [6.07, 6.45) is 16.3. The van der Waals surface area contributed by atoms with Crippen LogP contribution in [0.25, 0.3) is 0 Å². The molecular formula is C28H46N2. The molecule has 0 aromatic carbocycles. The van der Waals surface area contributed by atoms with Crippen molar-refractivity contribution < 1.29 is 0 Å². The second-order valence-electron chi connectivity index (χ2n) is 12.7.